The van der Waals surface area contributed by atoms with Crippen molar-refractivity contribution in [2.75, 3.05) is 0 Å². The summed E-state index contributed by atoms with van der Waals surface area (Å²) in [7, 11) is 0. The van der Waals surface area contributed by atoms with Crippen LogP contribution in [0.4, 0.5) is 4.39 Å². The fourth-order valence-corrected chi connectivity index (χ4v) is 2.04. The summed E-state index contributed by atoms with van der Waals surface area (Å²) < 4.78 is 14.0. The lowest BCUT2D eigenvalue weighted by Crippen LogP contribution is -2.13. The number of Topliss-reactive ketones (excluding diaryl/α,β-unsaturated/α-hetero) is 1. The van der Waals surface area contributed by atoms with E-state index in [2.05, 4.69) is 0 Å². The highest BCUT2D eigenvalue weighted by Gasteiger charge is 2.24. The van der Waals surface area contributed by atoms with Crippen LogP contribution < -0.4 is 0 Å². The molecule has 100 valence electrons. The molecule has 0 spiro atoms. The molecule has 0 heterocycles. The van der Waals surface area contributed by atoms with Gasteiger partial charge in [-0.05, 0) is 31.0 Å². The zero-order chi connectivity index (χ0) is 14.7. The van der Waals surface area contributed by atoms with E-state index in [0.29, 0.717) is 11.1 Å². The van der Waals surface area contributed by atoms with Gasteiger partial charge < -0.3 is 0 Å². The van der Waals surface area contributed by atoms with Crippen molar-refractivity contribution in [2.45, 2.75) is 19.8 Å². The first-order valence-corrected chi connectivity index (χ1v) is 6.30. The van der Waals surface area contributed by atoms with Crippen molar-refractivity contribution in [1.82, 2.24) is 0 Å². The minimum Gasteiger partial charge on any atom is -0.292 e. The SMILES string of the molecule is Cc1ccc(C(C#N)C(=O)c2cccc(C)c2F)cc1. The molecule has 2 rings (SSSR count). The minimum absolute atomic E-state index is 0.0304. The number of carbonyl (C=O) groups excluding carboxylic acids is 1. The molecule has 2 aromatic rings. The van der Waals surface area contributed by atoms with Crippen LogP contribution in [0.3, 0.4) is 0 Å². The number of nitriles is 1. The number of hydrogen-bond acceptors (Lipinski definition) is 2. The Balaban J connectivity index is 2.42. The third-order valence-corrected chi connectivity index (χ3v) is 3.26. The zero-order valence-corrected chi connectivity index (χ0v) is 11.4. The maximum absolute atomic E-state index is 14.0. The normalized spacial score (nSPS) is 11.7. The summed E-state index contributed by atoms with van der Waals surface area (Å²) in [4.78, 5) is 12.4. The third-order valence-electron chi connectivity index (χ3n) is 3.26. The molecular weight excluding hydrogens is 253 g/mol. The van der Waals surface area contributed by atoms with Gasteiger partial charge in [-0.3, -0.25) is 4.79 Å². The van der Waals surface area contributed by atoms with E-state index < -0.39 is 17.5 Å². The molecular formula is C17H14FNO. The Morgan fingerprint density at radius 2 is 1.80 bits per heavy atom. The van der Waals surface area contributed by atoms with Gasteiger partial charge in [0.25, 0.3) is 0 Å². The van der Waals surface area contributed by atoms with Crippen molar-refractivity contribution >= 4 is 5.78 Å². The van der Waals surface area contributed by atoms with Crippen LogP contribution in [0, 0.1) is 31.0 Å². The summed E-state index contributed by atoms with van der Waals surface area (Å²) in [5.74, 6) is -2.03. The fraction of sp³-hybridized carbons (Fsp3) is 0.176. The Kier molecular flexibility index (Phi) is 3.95. The number of rotatable bonds is 3. The summed E-state index contributed by atoms with van der Waals surface area (Å²) in [6, 6.07) is 13.7. The molecule has 20 heavy (non-hydrogen) atoms. The fourth-order valence-electron chi connectivity index (χ4n) is 2.04. The highest BCUT2D eigenvalue weighted by Crippen LogP contribution is 2.23. The highest BCUT2D eigenvalue weighted by molar-refractivity contribution is 6.03. The van der Waals surface area contributed by atoms with Gasteiger partial charge in [0.05, 0.1) is 11.6 Å². The first kappa shape index (κ1) is 14.0. The first-order chi connectivity index (χ1) is 9.54. The number of aryl methyl sites for hydroxylation is 2. The molecule has 2 aromatic carbocycles. The van der Waals surface area contributed by atoms with Gasteiger partial charge in [0.15, 0.2) is 5.78 Å². The standard InChI is InChI=1S/C17H14FNO/c1-11-6-8-13(9-7-11)15(10-19)17(20)14-5-3-4-12(2)16(14)18/h3-9,15H,1-2H3. The van der Waals surface area contributed by atoms with Gasteiger partial charge in [0.2, 0.25) is 0 Å². The maximum Gasteiger partial charge on any atom is 0.187 e. The quantitative estimate of drug-likeness (QED) is 0.790. The van der Waals surface area contributed by atoms with Crippen LogP contribution in [-0.4, -0.2) is 5.78 Å². The summed E-state index contributed by atoms with van der Waals surface area (Å²) in [5, 5.41) is 9.25. The summed E-state index contributed by atoms with van der Waals surface area (Å²) >= 11 is 0. The molecule has 0 radical (unpaired) electrons. The lowest BCUT2D eigenvalue weighted by molar-refractivity contribution is 0.0975. The highest BCUT2D eigenvalue weighted by atomic mass is 19.1. The lowest BCUT2D eigenvalue weighted by Gasteiger charge is -2.10. The Bertz CT molecular complexity index is 683. The summed E-state index contributed by atoms with van der Waals surface area (Å²) in [6.45, 7) is 3.52. The average Bonchev–Trinajstić information content (AvgIpc) is 2.44. The van der Waals surface area contributed by atoms with E-state index in [0.717, 1.165) is 5.56 Å². The average molecular weight is 267 g/mol. The number of nitrogens with zero attached hydrogens (tertiary/aromatic N) is 1. The molecule has 0 saturated heterocycles. The molecule has 2 nitrogen and oxygen atoms in total. The van der Waals surface area contributed by atoms with Crippen molar-refractivity contribution in [3.05, 3.63) is 70.5 Å². The van der Waals surface area contributed by atoms with Gasteiger partial charge in [0, 0.05) is 0 Å². The van der Waals surface area contributed by atoms with Crippen LogP contribution in [0.5, 0.6) is 0 Å². The van der Waals surface area contributed by atoms with E-state index in [1.807, 2.05) is 25.1 Å². The number of ketones is 1. The molecule has 0 aliphatic carbocycles. The van der Waals surface area contributed by atoms with Crippen LogP contribution in [0.25, 0.3) is 0 Å². The van der Waals surface area contributed by atoms with Crippen LogP contribution in [0.1, 0.15) is 33.0 Å². The summed E-state index contributed by atoms with van der Waals surface area (Å²) in [6.07, 6.45) is 0. The smallest absolute Gasteiger partial charge is 0.187 e. The van der Waals surface area contributed by atoms with Crippen LogP contribution in [0.2, 0.25) is 0 Å². The molecule has 1 unspecified atom stereocenters. The molecule has 0 aliphatic rings. The Labute approximate surface area is 117 Å². The second-order valence-electron chi connectivity index (χ2n) is 4.77. The zero-order valence-electron chi connectivity index (χ0n) is 11.4. The Morgan fingerprint density at radius 1 is 1.15 bits per heavy atom. The van der Waals surface area contributed by atoms with Gasteiger partial charge in [-0.25, -0.2) is 4.39 Å². The van der Waals surface area contributed by atoms with Crippen LogP contribution in [-0.2, 0) is 0 Å². The molecule has 0 fully saturated rings. The topological polar surface area (TPSA) is 40.9 Å². The van der Waals surface area contributed by atoms with Gasteiger partial charge in [0.1, 0.15) is 11.7 Å². The number of carbonyl (C=O) groups is 1. The molecule has 3 heteroatoms. The van der Waals surface area contributed by atoms with Crippen LogP contribution >= 0.6 is 0 Å². The molecule has 1 atom stereocenters. The monoisotopic (exact) mass is 267 g/mol. The number of benzene rings is 2. The van der Waals surface area contributed by atoms with Crippen molar-refractivity contribution in [2.24, 2.45) is 0 Å². The number of hydrogen-bond donors (Lipinski definition) is 0. The largest absolute Gasteiger partial charge is 0.292 e. The van der Waals surface area contributed by atoms with E-state index in [-0.39, 0.29) is 5.56 Å². The van der Waals surface area contributed by atoms with E-state index >= 15 is 0 Å². The van der Waals surface area contributed by atoms with Gasteiger partial charge in [-0.2, -0.15) is 5.26 Å². The van der Waals surface area contributed by atoms with Gasteiger partial charge in [-0.1, -0.05) is 42.0 Å². The maximum atomic E-state index is 14.0. The van der Waals surface area contributed by atoms with E-state index in [9.17, 15) is 14.4 Å². The van der Waals surface area contributed by atoms with Crippen molar-refractivity contribution in [1.29, 1.82) is 5.26 Å². The van der Waals surface area contributed by atoms with Crippen LogP contribution in [0.15, 0.2) is 42.5 Å². The second-order valence-corrected chi connectivity index (χ2v) is 4.77. The Hall–Kier alpha value is -2.47. The molecule has 0 N–H and O–H groups in total. The molecule has 0 aromatic heterocycles. The molecule has 0 bridgehead atoms. The van der Waals surface area contributed by atoms with E-state index in [1.165, 1.54) is 6.07 Å². The van der Waals surface area contributed by atoms with Crippen molar-refractivity contribution in [3.8, 4) is 6.07 Å². The van der Waals surface area contributed by atoms with E-state index in [4.69, 9.17) is 0 Å². The lowest BCUT2D eigenvalue weighted by atomic mass is 9.90. The molecule has 0 aliphatic heterocycles. The van der Waals surface area contributed by atoms with Crippen molar-refractivity contribution < 1.29 is 9.18 Å². The predicted octanol–water partition coefficient (Wildman–Crippen LogP) is 3.93. The van der Waals surface area contributed by atoms with Crippen molar-refractivity contribution in [3.63, 3.8) is 0 Å². The number of halogens is 1. The second kappa shape index (κ2) is 5.66. The van der Waals surface area contributed by atoms with E-state index in [1.54, 1.807) is 31.2 Å². The third kappa shape index (κ3) is 2.60. The first-order valence-electron chi connectivity index (χ1n) is 6.30. The molecule has 0 amide bonds. The Morgan fingerprint density at radius 3 is 2.40 bits per heavy atom. The molecule has 0 saturated carbocycles. The minimum atomic E-state index is -0.980. The van der Waals surface area contributed by atoms with Gasteiger partial charge >= 0.3 is 0 Å². The van der Waals surface area contributed by atoms with Gasteiger partial charge in [-0.15, -0.1) is 0 Å². The summed E-state index contributed by atoms with van der Waals surface area (Å²) in [5.41, 5.74) is 2.00. The predicted molar refractivity (Wildman–Crippen MR) is 75.0 cm³/mol.